The molecule has 1 fully saturated rings. The molecule has 0 aliphatic carbocycles. The number of carbonyl (C=O) groups is 4. The van der Waals surface area contributed by atoms with E-state index < -0.39 is 73.6 Å². The number of aliphatic hydroxyl groups excluding tert-OH is 1. The molecule has 13 nitrogen and oxygen atoms in total. The van der Waals surface area contributed by atoms with E-state index in [9.17, 15) is 24.3 Å². The van der Waals surface area contributed by atoms with E-state index in [2.05, 4.69) is 10.3 Å². The highest BCUT2D eigenvalue weighted by Crippen LogP contribution is 2.30. The van der Waals surface area contributed by atoms with Crippen LogP contribution in [0.1, 0.15) is 47.2 Å². The third-order valence-corrected chi connectivity index (χ3v) is 7.31. The maximum absolute atomic E-state index is 13.5. The molecule has 2 N–H and O–H groups in total. The predicted molar refractivity (Wildman–Crippen MR) is 165 cm³/mol. The van der Waals surface area contributed by atoms with Crippen LogP contribution in [0.2, 0.25) is 0 Å². The summed E-state index contributed by atoms with van der Waals surface area (Å²) in [6.45, 7) is 3.82. The van der Waals surface area contributed by atoms with Crippen LogP contribution in [0, 0.1) is 11.8 Å². The van der Waals surface area contributed by atoms with Crippen molar-refractivity contribution >= 4 is 23.8 Å². The van der Waals surface area contributed by atoms with Gasteiger partial charge in [0.1, 0.15) is 24.7 Å². The molecule has 1 aromatic heterocycles. The number of nitrogens with zero attached hydrogens (tertiary/aromatic N) is 1. The first kappa shape index (κ1) is 34.9. The zero-order valence-electron chi connectivity index (χ0n) is 26.5. The number of hydrogen-bond donors (Lipinski definition) is 2. The van der Waals surface area contributed by atoms with Crippen molar-refractivity contribution in [3.8, 4) is 11.5 Å². The fraction of sp³-hybridized carbons (Fsp3) is 0.382. The summed E-state index contributed by atoms with van der Waals surface area (Å²) >= 11 is 0. The number of ether oxygens (including phenoxy) is 6. The molecule has 0 saturated carbocycles. The van der Waals surface area contributed by atoms with Crippen molar-refractivity contribution in [2.45, 2.75) is 51.7 Å². The van der Waals surface area contributed by atoms with Crippen molar-refractivity contribution in [3.05, 3.63) is 89.7 Å². The van der Waals surface area contributed by atoms with E-state index in [1.165, 1.54) is 19.4 Å². The number of benzene rings is 2. The first-order valence-corrected chi connectivity index (χ1v) is 15.0. The van der Waals surface area contributed by atoms with Crippen LogP contribution in [0.15, 0.2) is 72.9 Å². The number of aliphatic hydroxyl groups is 1. The molecule has 4 rings (SSSR count). The second-order valence-electron chi connectivity index (χ2n) is 11.0. The molecule has 5 atom stereocenters. The Bertz CT molecular complexity index is 1520. The molecule has 0 spiro atoms. The second kappa shape index (κ2) is 16.5. The zero-order valence-corrected chi connectivity index (χ0v) is 26.5. The summed E-state index contributed by atoms with van der Waals surface area (Å²) in [6, 6.07) is 17.6. The summed E-state index contributed by atoms with van der Waals surface area (Å²) in [6.07, 6.45) is -2.32. The van der Waals surface area contributed by atoms with Crippen molar-refractivity contribution in [3.63, 3.8) is 0 Å². The lowest BCUT2D eigenvalue weighted by Crippen LogP contribution is -2.49. The Hall–Kier alpha value is -5.01. The van der Waals surface area contributed by atoms with Gasteiger partial charge in [-0.05, 0) is 31.0 Å². The Morgan fingerprint density at radius 2 is 1.72 bits per heavy atom. The first-order chi connectivity index (χ1) is 22.6. The minimum atomic E-state index is -1.70. The third kappa shape index (κ3) is 9.27. The van der Waals surface area contributed by atoms with Crippen molar-refractivity contribution in [1.82, 2.24) is 10.3 Å². The van der Waals surface area contributed by atoms with Gasteiger partial charge in [0.05, 0.1) is 24.7 Å². The molecule has 2 aromatic carbocycles. The SMILES string of the molecule is COc1ccnc(C(=O)N[C@H]2COC(=O)C(Cc3ccccc3)[C@@H](OC(=O)C(C)C)[C@H](C)OC2O)c1OCOC(=O)c1ccccc1. The number of methoxy groups -OCH3 is 1. The van der Waals surface area contributed by atoms with Gasteiger partial charge in [-0.2, -0.15) is 0 Å². The Kier molecular flexibility index (Phi) is 12.3. The Labute approximate surface area is 272 Å². The molecular weight excluding hydrogens is 612 g/mol. The quantitative estimate of drug-likeness (QED) is 0.177. The van der Waals surface area contributed by atoms with E-state index in [0.717, 1.165) is 5.56 Å². The lowest BCUT2D eigenvalue weighted by atomic mass is 9.91. The summed E-state index contributed by atoms with van der Waals surface area (Å²) in [4.78, 5) is 56.1. The molecule has 47 heavy (non-hydrogen) atoms. The molecule has 1 amide bonds. The molecule has 3 aromatic rings. The van der Waals surface area contributed by atoms with Gasteiger partial charge < -0.3 is 38.8 Å². The molecule has 2 unspecified atom stereocenters. The zero-order chi connectivity index (χ0) is 33.9. The Balaban J connectivity index is 1.52. The van der Waals surface area contributed by atoms with E-state index in [1.54, 1.807) is 51.1 Å². The molecule has 1 saturated heterocycles. The molecular formula is C34H38N2O11. The topological polar surface area (TPSA) is 169 Å². The van der Waals surface area contributed by atoms with Gasteiger partial charge >= 0.3 is 17.9 Å². The number of hydrogen-bond acceptors (Lipinski definition) is 12. The number of pyridine rings is 1. The number of carbonyl (C=O) groups excluding carboxylic acids is 4. The van der Waals surface area contributed by atoms with Crippen molar-refractivity contribution in [2.24, 2.45) is 11.8 Å². The van der Waals surface area contributed by atoms with Gasteiger partial charge in [-0.3, -0.25) is 14.4 Å². The molecule has 13 heteroatoms. The summed E-state index contributed by atoms with van der Waals surface area (Å²) < 4.78 is 33.3. The number of amides is 1. The van der Waals surface area contributed by atoms with Crippen molar-refractivity contribution < 1.29 is 52.7 Å². The number of aromatic nitrogens is 1. The molecule has 0 radical (unpaired) electrons. The van der Waals surface area contributed by atoms with Crippen molar-refractivity contribution in [2.75, 3.05) is 20.5 Å². The molecule has 1 aliphatic rings. The van der Waals surface area contributed by atoms with Crippen LogP contribution >= 0.6 is 0 Å². The first-order valence-electron chi connectivity index (χ1n) is 15.0. The van der Waals surface area contributed by atoms with Gasteiger partial charge in [0, 0.05) is 12.3 Å². The van der Waals surface area contributed by atoms with Gasteiger partial charge in [-0.25, -0.2) is 9.78 Å². The van der Waals surface area contributed by atoms with E-state index in [1.807, 2.05) is 30.3 Å². The highest BCUT2D eigenvalue weighted by molar-refractivity contribution is 5.96. The van der Waals surface area contributed by atoms with Gasteiger partial charge in [-0.15, -0.1) is 0 Å². The lowest BCUT2D eigenvalue weighted by Gasteiger charge is -2.31. The second-order valence-corrected chi connectivity index (χ2v) is 11.0. The normalized spacial score (nSPS) is 21.3. The van der Waals surface area contributed by atoms with Crippen LogP contribution in [0.3, 0.4) is 0 Å². The minimum absolute atomic E-state index is 0.116. The fourth-order valence-corrected chi connectivity index (χ4v) is 4.77. The number of esters is 3. The van der Waals surface area contributed by atoms with E-state index >= 15 is 0 Å². The van der Waals surface area contributed by atoms with Crippen LogP contribution in [-0.4, -0.2) is 79.0 Å². The van der Waals surface area contributed by atoms with E-state index in [0.29, 0.717) is 5.56 Å². The predicted octanol–water partition coefficient (Wildman–Crippen LogP) is 3.09. The van der Waals surface area contributed by atoms with Crippen LogP contribution in [0.25, 0.3) is 0 Å². The third-order valence-electron chi connectivity index (χ3n) is 7.31. The Morgan fingerprint density at radius 1 is 1.04 bits per heavy atom. The minimum Gasteiger partial charge on any atom is -0.493 e. The van der Waals surface area contributed by atoms with Crippen LogP contribution < -0.4 is 14.8 Å². The molecule has 250 valence electrons. The van der Waals surface area contributed by atoms with Gasteiger partial charge in [0.25, 0.3) is 5.91 Å². The van der Waals surface area contributed by atoms with E-state index in [-0.39, 0.29) is 23.6 Å². The fourth-order valence-electron chi connectivity index (χ4n) is 4.77. The summed E-state index contributed by atoms with van der Waals surface area (Å²) in [5, 5.41) is 13.6. The smallest absolute Gasteiger partial charge is 0.340 e. The average molecular weight is 651 g/mol. The van der Waals surface area contributed by atoms with Gasteiger partial charge in [0.15, 0.2) is 23.5 Å². The average Bonchev–Trinajstić information content (AvgIpc) is 3.11. The Morgan fingerprint density at radius 3 is 2.38 bits per heavy atom. The van der Waals surface area contributed by atoms with Gasteiger partial charge in [-0.1, -0.05) is 62.4 Å². The number of rotatable bonds is 11. The summed E-state index contributed by atoms with van der Waals surface area (Å²) in [7, 11) is 1.35. The number of cyclic esters (lactones) is 1. The highest BCUT2D eigenvalue weighted by atomic mass is 16.7. The number of nitrogens with one attached hydrogen (secondary N) is 1. The van der Waals surface area contributed by atoms with Gasteiger partial charge in [0.2, 0.25) is 6.79 Å². The van der Waals surface area contributed by atoms with E-state index in [4.69, 9.17) is 28.4 Å². The largest absolute Gasteiger partial charge is 0.493 e. The van der Waals surface area contributed by atoms with Crippen LogP contribution in [0.4, 0.5) is 0 Å². The van der Waals surface area contributed by atoms with Crippen LogP contribution in [-0.2, 0) is 35.0 Å². The molecule has 0 bridgehead atoms. The highest BCUT2D eigenvalue weighted by Gasteiger charge is 2.42. The summed E-state index contributed by atoms with van der Waals surface area (Å²) in [5.74, 6) is -4.24. The monoisotopic (exact) mass is 650 g/mol. The van der Waals surface area contributed by atoms with Crippen molar-refractivity contribution in [1.29, 1.82) is 0 Å². The van der Waals surface area contributed by atoms with Crippen LogP contribution in [0.5, 0.6) is 11.5 Å². The maximum Gasteiger partial charge on any atom is 0.340 e. The molecule has 2 heterocycles. The maximum atomic E-state index is 13.5. The summed E-state index contributed by atoms with van der Waals surface area (Å²) in [5.41, 5.74) is 0.831. The molecule has 1 aliphatic heterocycles. The lowest BCUT2D eigenvalue weighted by molar-refractivity contribution is -0.194. The standard InChI is InChI=1S/C34H38N2O11/c1-20(2)31(38)47-28-21(3)46-34(41)25(18-43-33(40)24(28)17-22-11-7-5-8-12-22)36-30(37)27-29(26(42-4)15-16-35-27)44-19-45-32(39)23-13-9-6-10-14-23/h5-16,20-21,24-25,28,34,41H,17-19H2,1-4H3,(H,36,37)/t21-,24?,25-,28-,34?/m0/s1.